The summed E-state index contributed by atoms with van der Waals surface area (Å²) in [5, 5.41) is 19.2. The van der Waals surface area contributed by atoms with Crippen molar-refractivity contribution in [1.29, 1.82) is 0 Å². The molecule has 1 amide bonds. The smallest absolute Gasteiger partial charge is 0.323 e. The molecule has 8 nitrogen and oxygen atoms in total. The van der Waals surface area contributed by atoms with E-state index in [1.807, 2.05) is 0 Å². The van der Waals surface area contributed by atoms with Gasteiger partial charge < -0.3 is 10.0 Å². The van der Waals surface area contributed by atoms with Crippen molar-refractivity contribution in [2.45, 2.75) is 0 Å². The van der Waals surface area contributed by atoms with Gasteiger partial charge in [-0.1, -0.05) is 11.6 Å². The minimum atomic E-state index is -1.23. The van der Waals surface area contributed by atoms with Gasteiger partial charge in [-0.05, 0) is 6.07 Å². The number of rotatable bonds is 4. The molecule has 0 spiro atoms. The predicted molar refractivity (Wildman–Crippen MR) is 60.5 cm³/mol. The molecule has 1 aromatic heterocycles. The van der Waals surface area contributed by atoms with Gasteiger partial charge in [0.1, 0.15) is 23.5 Å². The van der Waals surface area contributed by atoms with E-state index in [0.717, 1.165) is 17.2 Å². The number of aliphatic carboxylic acids is 1. The molecule has 0 atom stereocenters. The highest BCUT2D eigenvalue weighted by molar-refractivity contribution is 6.29. The highest BCUT2D eigenvalue weighted by atomic mass is 35.5. The van der Waals surface area contributed by atoms with Gasteiger partial charge >= 0.3 is 5.97 Å². The van der Waals surface area contributed by atoms with E-state index in [0.29, 0.717) is 0 Å². The molecule has 0 aromatic carbocycles. The van der Waals surface area contributed by atoms with E-state index in [1.54, 1.807) is 0 Å². The van der Waals surface area contributed by atoms with Crippen LogP contribution in [0.4, 0.5) is 5.69 Å². The Bertz CT molecular complexity index is 519. The number of hydrogen-bond donors (Lipinski definition) is 1. The van der Waals surface area contributed by atoms with Gasteiger partial charge in [-0.2, -0.15) is 0 Å². The van der Waals surface area contributed by atoms with Crippen LogP contribution in [0.25, 0.3) is 0 Å². The number of nitro groups is 1. The molecule has 1 aromatic rings. The van der Waals surface area contributed by atoms with Crippen LogP contribution in [0.3, 0.4) is 0 Å². The van der Waals surface area contributed by atoms with Crippen LogP contribution in [0, 0.1) is 10.1 Å². The molecule has 1 rings (SSSR count). The highest BCUT2D eigenvalue weighted by Crippen LogP contribution is 2.21. The molecule has 0 aliphatic carbocycles. The fraction of sp³-hybridized carbons (Fsp3) is 0.222. The Labute approximate surface area is 106 Å². The van der Waals surface area contributed by atoms with Gasteiger partial charge in [0, 0.05) is 7.05 Å². The fourth-order valence-electron chi connectivity index (χ4n) is 1.22. The van der Waals surface area contributed by atoms with Crippen LogP contribution >= 0.6 is 11.6 Å². The zero-order valence-electron chi connectivity index (χ0n) is 9.16. The molecule has 0 aliphatic heterocycles. The Morgan fingerprint density at radius 3 is 2.72 bits per heavy atom. The van der Waals surface area contributed by atoms with E-state index >= 15 is 0 Å². The van der Waals surface area contributed by atoms with E-state index in [1.165, 1.54) is 7.05 Å². The third-order valence-electron chi connectivity index (χ3n) is 2.00. The van der Waals surface area contributed by atoms with Crippen molar-refractivity contribution in [1.82, 2.24) is 9.88 Å². The van der Waals surface area contributed by atoms with Crippen LogP contribution in [0.2, 0.25) is 5.15 Å². The summed E-state index contributed by atoms with van der Waals surface area (Å²) in [6.07, 6.45) is 0.851. The fourth-order valence-corrected chi connectivity index (χ4v) is 1.38. The zero-order valence-corrected chi connectivity index (χ0v) is 9.92. The van der Waals surface area contributed by atoms with Gasteiger partial charge in [-0.25, -0.2) is 4.98 Å². The number of carboxylic acids is 1. The Hall–Kier alpha value is -2.22. The molecule has 18 heavy (non-hydrogen) atoms. The van der Waals surface area contributed by atoms with Crippen LogP contribution in [-0.2, 0) is 4.79 Å². The molecule has 0 bridgehead atoms. The van der Waals surface area contributed by atoms with Gasteiger partial charge in [0.15, 0.2) is 0 Å². The van der Waals surface area contributed by atoms with E-state index in [2.05, 4.69) is 4.98 Å². The largest absolute Gasteiger partial charge is 0.480 e. The lowest BCUT2D eigenvalue weighted by atomic mass is 10.2. The molecule has 9 heteroatoms. The first-order chi connectivity index (χ1) is 8.32. The quantitative estimate of drug-likeness (QED) is 0.493. The Morgan fingerprint density at radius 2 is 2.22 bits per heavy atom. The summed E-state index contributed by atoms with van der Waals surface area (Å²) in [5.41, 5.74) is -0.828. The van der Waals surface area contributed by atoms with Crippen LogP contribution < -0.4 is 0 Å². The van der Waals surface area contributed by atoms with E-state index in [-0.39, 0.29) is 10.7 Å². The van der Waals surface area contributed by atoms with Crippen molar-refractivity contribution >= 4 is 29.2 Å². The molecule has 0 saturated carbocycles. The lowest BCUT2D eigenvalue weighted by Gasteiger charge is -2.14. The average molecular weight is 274 g/mol. The lowest BCUT2D eigenvalue weighted by molar-refractivity contribution is -0.385. The second kappa shape index (κ2) is 5.41. The predicted octanol–water partition coefficient (Wildman–Crippen LogP) is 0.800. The molecule has 96 valence electrons. The molecule has 1 heterocycles. The molecule has 0 radical (unpaired) electrons. The van der Waals surface area contributed by atoms with Crippen molar-refractivity contribution in [2.24, 2.45) is 0 Å². The van der Waals surface area contributed by atoms with Gasteiger partial charge in [-0.15, -0.1) is 0 Å². The summed E-state index contributed by atoms with van der Waals surface area (Å²) in [7, 11) is 1.22. The third kappa shape index (κ3) is 3.14. The second-order valence-electron chi connectivity index (χ2n) is 3.34. The summed E-state index contributed by atoms with van der Waals surface area (Å²) in [4.78, 5) is 36.6. The first kappa shape index (κ1) is 13.8. The zero-order chi connectivity index (χ0) is 13.9. The number of pyridine rings is 1. The lowest BCUT2D eigenvalue weighted by Crippen LogP contribution is -2.32. The minimum Gasteiger partial charge on any atom is -0.480 e. The monoisotopic (exact) mass is 273 g/mol. The highest BCUT2D eigenvalue weighted by Gasteiger charge is 2.24. The summed E-state index contributed by atoms with van der Waals surface area (Å²) >= 11 is 5.56. The normalized spacial score (nSPS) is 9.89. The number of halogens is 1. The number of carbonyl (C=O) groups excluding carboxylic acids is 1. The Kier molecular flexibility index (Phi) is 4.16. The van der Waals surface area contributed by atoms with Gasteiger partial charge in [0.2, 0.25) is 0 Å². The molecule has 0 unspecified atom stereocenters. The molecule has 0 saturated heterocycles. The van der Waals surface area contributed by atoms with Crippen molar-refractivity contribution in [3.05, 3.63) is 33.1 Å². The maximum Gasteiger partial charge on any atom is 0.323 e. The second-order valence-corrected chi connectivity index (χ2v) is 3.72. The molecule has 1 N–H and O–H groups in total. The van der Waals surface area contributed by atoms with Crippen LogP contribution in [0.15, 0.2) is 12.3 Å². The van der Waals surface area contributed by atoms with E-state index < -0.39 is 29.0 Å². The maximum absolute atomic E-state index is 11.8. The number of hydrogen-bond acceptors (Lipinski definition) is 5. The standard InChI is InChI=1S/C9H8ClN3O5/c1-12(4-8(14)15)9(16)5-2-7(10)11-3-6(5)13(17)18/h2-3H,4H2,1H3,(H,14,15). The molecule has 0 aliphatic rings. The van der Waals surface area contributed by atoms with Gasteiger partial charge in [0.05, 0.1) is 4.92 Å². The first-order valence-electron chi connectivity index (χ1n) is 4.60. The number of nitrogens with zero attached hydrogens (tertiary/aromatic N) is 3. The third-order valence-corrected chi connectivity index (χ3v) is 2.20. The summed E-state index contributed by atoms with van der Waals surface area (Å²) < 4.78 is 0. The topological polar surface area (TPSA) is 114 Å². The Morgan fingerprint density at radius 1 is 1.61 bits per heavy atom. The van der Waals surface area contributed by atoms with Crippen LogP contribution in [0.1, 0.15) is 10.4 Å². The van der Waals surface area contributed by atoms with Crippen LogP contribution in [-0.4, -0.2) is 45.4 Å². The van der Waals surface area contributed by atoms with Crippen LogP contribution in [0.5, 0.6) is 0 Å². The summed E-state index contributed by atoms with van der Waals surface area (Å²) in [5.74, 6) is -2.04. The molecular weight excluding hydrogens is 266 g/mol. The maximum atomic E-state index is 11.8. The van der Waals surface area contributed by atoms with Crippen molar-refractivity contribution in [3.63, 3.8) is 0 Å². The number of carboxylic acid groups (broad SMARTS) is 1. The number of carbonyl (C=O) groups is 2. The SMILES string of the molecule is CN(CC(=O)O)C(=O)c1cc(Cl)ncc1[N+](=O)[O-]. The Balaban J connectivity index is 3.15. The van der Waals surface area contributed by atoms with Crippen molar-refractivity contribution < 1.29 is 19.6 Å². The number of likely N-dealkylation sites (N-methyl/N-ethyl adjacent to an activating group) is 1. The van der Waals surface area contributed by atoms with E-state index in [4.69, 9.17) is 16.7 Å². The van der Waals surface area contributed by atoms with Crippen molar-refractivity contribution in [3.8, 4) is 0 Å². The van der Waals surface area contributed by atoms with Gasteiger partial charge in [-0.3, -0.25) is 19.7 Å². The molecule has 0 fully saturated rings. The number of amides is 1. The minimum absolute atomic E-state index is 0.0901. The summed E-state index contributed by atoms with van der Waals surface area (Å²) in [6.45, 7) is -0.573. The molecular formula is C9H8ClN3O5. The average Bonchev–Trinajstić information content (AvgIpc) is 2.26. The van der Waals surface area contributed by atoms with Crippen molar-refractivity contribution in [2.75, 3.05) is 13.6 Å². The summed E-state index contributed by atoms with van der Waals surface area (Å²) in [6, 6.07) is 1.03. The van der Waals surface area contributed by atoms with Gasteiger partial charge in [0.25, 0.3) is 11.6 Å². The first-order valence-corrected chi connectivity index (χ1v) is 4.98. The number of aromatic nitrogens is 1. The van der Waals surface area contributed by atoms with E-state index in [9.17, 15) is 19.7 Å².